The van der Waals surface area contributed by atoms with Gasteiger partial charge in [-0.05, 0) is 20.0 Å². The van der Waals surface area contributed by atoms with Crippen molar-refractivity contribution in [1.29, 1.82) is 0 Å². The van der Waals surface area contributed by atoms with Crippen LogP contribution in [0.25, 0.3) is 0 Å². The molecule has 0 radical (unpaired) electrons. The summed E-state index contributed by atoms with van der Waals surface area (Å²) >= 11 is 0. The first-order chi connectivity index (χ1) is 6.54. The van der Waals surface area contributed by atoms with Gasteiger partial charge in [-0.15, -0.1) is 0 Å². The van der Waals surface area contributed by atoms with E-state index in [9.17, 15) is 9.59 Å². The van der Waals surface area contributed by atoms with Crippen molar-refractivity contribution >= 4 is 11.9 Å². The van der Waals surface area contributed by atoms with E-state index in [0.717, 1.165) is 6.54 Å². The van der Waals surface area contributed by atoms with Crippen LogP contribution in [0.4, 0.5) is 4.79 Å². The minimum atomic E-state index is -0.734. The van der Waals surface area contributed by atoms with Crippen molar-refractivity contribution in [2.45, 2.75) is 25.8 Å². The molecule has 5 nitrogen and oxygen atoms in total. The summed E-state index contributed by atoms with van der Waals surface area (Å²) in [6, 6.07) is -0.388. The van der Waals surface area contributed by atoms with E-state index < -0.39 is 5.54 Å². The fourth-order valence-corrected chi connectivity index (χ4v) is 1.57. The van der Waals surface area contributed by atoms with Crippen LogP contribution in [0.3, 0.4) is 0 Å². The van der Waals surface area contributed by atoms with Crippen LogP contribution in [0.2, 0.25) is 0 Å². The Morgan fingerprint density at radius 2 is 2.00 bits per heavy atom. The summed E-state index contributed by atoms with van der Waals surface area (Å²) in [6.07, 6.45) is 0.606. The van der Waals surface area contributed by atoms with Crippen molar-refractivity contribution in [3.63, 3.8) is 0 Å². The molecule has 0 aliphatic carbocycles. The Bertz CT molecular complexity index is 254. The smallest absolute Gasteiger partial charge is 0.322 e. The number of amides is 3. The van der Waals surface area contributed by atoms with Gasteiger partial charge in [0, 0.05) is 6.54 Å². The lowest BCUT2D eigenvalue weighted by Gasteiger charge is -2.29. The second kappa shape index (κ2) is 3.96. The monoisotopic (exact) mass is 199 g/mol. The van der Waals surface area contributed by atoms with E-state index in [4.69, 9.17) is 0 Å². The zero-order valence-electron chi connectivity index (χ0n) is 8.89. The van der Waals surface area contributed by atoms with Gasteiger partial charge in [0.15, 0.2) is 0 Å². The Hall–Kier alpha value is -1.10. The molecule has 0 aromatic carbocycles. The predicted octanol–water partition coefficient (Wildman–Crippen LogP) is -0.0737. The summed E-state index contributed by atoms with van der Waals surface area (Å²) in [6.45, 7) is 5.31. The van der Waals surface area contributed by atoms with E-state index in [1.807, 2.05) is 25.8 Å². The molecular formula is C9H17N3O2. The Labute approximate surface area is 83.8 Å². The molecule has 1 aliphatic heterocycles. The molecule has 1 atom stereocenters. The second-order valence-corrected chi connectivity index (χ2v) is 3.67. The van der Waals surface area contributed by atoms with Crippen LogP contribution in [0.15, 0.2) is 0 Å². The van der Waals surface area contributed by atoms with Crippen LogP contribution >= 0.6 is 0 Å². The van der Waals surface area contributed by atoms with E-state index >= 15 is 0 Å². The number of urea groups is 1. The molecule has 5 heteroatoms. The third-order valence-electron chi connectivity index (χ3n) is 2.70. The predicted molar refractivity (Wildman–Crippen MR) is 52.9 cm³/mol. The molecule has 2 N–H and O–H groups in total. The van der Waals surface area contributed by atoms with Crippen LogP contribution in [-0.2, 0) is 4.79 Å². The molecular weight excluding hydrogens is 182 g/mol. The molecule has 80 valence electrons. The molecule has 1 unspecified atom stereocenters. The van der Waals surface area contributed by atoms with Crippen LogP contribution in [0, 0.1) is 0 Å². The van der Waals surface area contributed by atoms with Crippen molar-refractivity contribution < 1.29 is 9.59 Å². The average Bonchev–Trinajstić information content (AvgIpc) is 2.42. The van der Waals surface area contributed by atoms with Gasteiger partial charge in [-0.1, -0.05) is 13.8 Å². The standard InChI is InChI=1S/C9H17N3O2/c1-4-9(6-12(3)5-2)7(13)10-8(14)11-9/h4-6H2,1-3H3,(H2,10,11,13,14). The summed E-state index contributed by atoms with van der Waals surface area (Å²) in [5.41, 5.74) is -0.734. The highest BCUT2D eigenvalue weighted by atomic mass is 16.2. The average molecular weight is 199 g/mol. The topological polar surface area (TPSA) is 61.4 Å². The van der Waals surface area contributed by atoms with Gasteiger partial charge in [-0.3, -0.25) is 10.1 Å². The Morgan fingerprint density at radius 3 is 2.36 bits per heavy atom. The van der Waals surface area contributed by atoms with Crippen LogP contribution in [0.1, 0.15) is 20.3 Å². The molecule has 0 bridgehead atoms. The number of hydrogen-bond donors (Lipinski definition) is 2. The molecule has 1 fully saturated rings. The summed E-state index contributed by atoms with van der Waals surface area (Å²) in [5.74, 6) is -0.217. The third kappa shape index (κ3) is 1.87. The molecule has 0 aromatic rings. The van der Waals surface area contributed by atoms with Crippen LogP contribution < -0.4 is 10.6 Å². The van der Waals surface area contributed by atoms with E-state index in [0.29, 0.717) is 13.0 Å². The number of carbonyl (C=O) groups excluding carboxylic acids is 2. The van der Waals surface area contributed by atoms with Crippen LogP contribution in [0.5, 0.6) is 0 Å². The molecule has 0 saturated carbocycles. The second-order valence-electron chi connectivity index (χ2n) is 3.67. The third-order valence-corrected chi connectivity index (χ3v) is 2.70. The maximum Gasteiger partial charge on any atom is 0.322 e. The normalized spacial score (nSPS) is 26.6. The Morgan fingerprint density at radius 1 is 1.36 bits per heavy atom. The van der Waals surface area contributed by atoms with E-state index in [1.54, 1.807) is 0 Å². The highest BCUT2D eigenvalue weighted by molar-refractivity contribution is 6.07. The summed E-state index contributed by atoms with van der Waals surface area (Å²) < 4.78 is 0. The van der Waals surface area contributed by atoms with E-state index in [-0.39, 0.29) is 11.9 Å². The van der Waals surface area contributed by atoms with E-state index in [1.165, 1.54) is 0 Å². The van der Waals surface area contributed by atoms with Gasteiger partial charge in [-0.25, -0.2) is 4.79 Å². The first-order valence-electron chi connectivity index (χ1n) is 4.86. The molecule has 3 amide bonds. The van der Waals surface area contributed by atoms with Crippen molar-refractivity contribution in [3.05, 3.63) is 0 Å². The van der Waals surface area contributed by atoms with Gasteiger partial charge in [-0.2, -0.15) is 0 Å². The SMILES string of the molecule is CCN(C)CC1(CC)NC(=O)NC1=O. The molecule has 0 spiro atoms. The lowest BCUT2D eigenvalue weighted by molar-refractivity contribution is -0.124. The molecule has 1 saturated heterocycles. The molecule has 1 aliphatic rings. The fraction of sp³-hybridized carbons (Fsp3) is 0.778. The number of nitrogens with one attached hydrogen (secondary N) is 2. The minimum Gasteiger partial charge on any atom is -0.322 e. The number of imide groups is 1. The quantitative estimate of drug-likeness (QED) is 0.623. The number of nitrogens with zero attached hydrogens (tertiary/aromatic N) is 1. The van der Waals surface area contributed by atoms with Crippen LogP contribution in [-0.4, -0.2) is 42.5 Å². The van der Waals surface area contributed by atoms with Gasteiger partial charge in [0.05, 0.1) is 0 Å². The van der Waals surface area contributed by atoms with Crippen molar-refractivity contribution in [2.75, 3.05) is 20.1 Å². The maximum absolute atomic E-state index is 11.6. The van der Waals surface area contributed by atoms with Gasteiger partial charge < -0.3 is 10.2 Å². The fourth-order valence-electron chi connectivity index (χ4n) is 1.57. The van der Waals surface area contributed by atoms with Gasteiger partial charge in [0.25, 0.3) is 5.91 Å². The molecule has 14 heavy (non-hydrogen) atoms. The minimum absolute atomic E-state index is 0.217. The summed E-state index contributed by atoms with van der Waals surface area (Å²) in [7, 11) is 1.93. The number of likely N-dealkylation sites (N-methyl/N-ethyl adjacent to an activating group) is 1. The largest absolute Gasteiger partial charge is 0.322 e. The number of carbonyl (C=O) groups is 2. The number of hydrogen-bond acceptors (Lipinski definition) is 3. The van der Waals surface area contributed by atoms with Gasteiger partial charge >= 0.3 is 6.03 Å². The van der Waals surface area contributed by atoms with E-state index in [2.05, 4.69) is 10.6 Å². The first kappa shape index (κ1) is 11.0. The maximum atomic E-state index is 11.6. The van der Waals surface area contributed by atoms with Gasteiger partial charge in [0.1, 0.15) is 5.54 Å². The summed E-state index contributed by atoms with van der Waals surface area (Å²) in [4.78, 5) is 24.6. The highest BCUT2D eigenvalue weighted by Gasteiger charge is 2.44. The molecule has 1 rings (SSSR count). The van der Waals surface area contributed by atoms with Crippen molar-refractivity contribution in [3.8, 4) is 0 Å². The highest BCUT2D eigenvalue weighted by Crippen LogP contribution is 2.16. The number of rotatable bonds is 4. The van der Waals surface area contributed by atoms with Crippen molar-refractivity contribution in [2.24, 2.45) is 0 Å². The summed E-state index contributed by atoms with van der Waals surface area (Å²) in [5, 5.41) is 4.96. The van der Waals surface area contributed by atoms with Crippen molar-refractivity contribution in [1.82, 2.24) is 15.5 Å². The Kier molecular flexibility index (Phi) is 3.10. The lowest BCUT2D eigenvalue weighted by Crippen LogP contribution is -2.54. The zero-order valence-corrected chi connectivity index (χ0v) is 8.89. The zero-order chi connectivity index (χ0) is 10.8. The Balaban J connectivity index is 2.76. The molecule has 1 heterocycles. The van der Waals surface area contributed by atoms with Gasteiger partial charge in [0.2, 0.25) is 0 Å². The molecule has 0 aromatic heterocycles. The first-order valence-corrected chi connectivity index (χ1v) is 4.86. The lowest BCUT2D eigenvalue weighted by atomic mass is 9.96.